The second kappa shape index (κ2) is 9.43. The van der Waals surface area contributed by atoms with Crippen molar-refractivity contribution in [2.24, 2.45) is 35.0 Å². The second-order valence-electron chi connectivity index (χ2n) is 11.7. The Morgan fingerprint density at radius 1 is 1.06 bits per heavy atom. The van der Waals surface area contributed by atoms with Crippen LogP contribution in [0.25, 0.3) is 0 Å². The van der Waals surface area contributed by atoms with Crippen LogP contribution in [0.2, 0.25) is 0 Å². The SMILES string of the molecule is Cc1ccc(O)cc1CC[C@]1(O)[C@H](O)CC[C@]2(C)[C@@H]([C@H](C)CC[C@@H](C)C(C)C)CC[C@H]21. The van der Waals surface area contributed by atoms with Crippen LogP contribution in [-0.2, 0) is 6.42 Å². The third-order valence-electron chi connectivity index (χ3n) is 9.58. The summed E-state index contributed by atoms with van der Waals surface area (Å²) in [5.74, 6) is 3.18. The van der Waals surface area contributed by atoms with Gasteiger partial charge in [0.2, 0.25) is 0 Å². The molecule has 3 N–H and O–H groups in total. The predicted octanol–water partition coefficient (Wildman–Crippen LogP) is 6.26. The molecule has 2 saturated carbocycles. The van der Waals surface area contributed by atoms with Crippen molar-refractivity contribution >= 4 is 0 Å². The van der Waals surface area contributed by atoms with Gasteiger partial charge in [0.25, 0.3) is 0 Å². The lowest BCUT2D eigenvalue weighted by molar-refractivity contribution is -0.181. The maximum Gasteiger partial charge on any atom is 0.115 e. The van der Waals surface area contributed by atoms with Crippen molar-refractivity contribution in [3.05, 3.63) is 29.3 Å². The Morgan fingerprint density at radius 3 is 2.45 bits per heavy atom. The zero-order valence-electron chi connectivity index (χ0n) is 20.7. The lowest BCUT2D eigenvalue weighted by atomic mass is 9.55. The molecule has 0 radical (unpaired) electrons. The van der Waals surface area contributed by atoms with E-state index in [9.17, 15) is 15.3 Å². The molecule has 3 nitrogen and oxygen atoms in total. The Kier molecular flexibility index (Phi) is 7.48. The number of phenols is 1. The summed E-state index contributed by atoms with van der Waals surface area (Å²) < 4.78 is 0. The van der Waals surface area contributed by atoms with Gasteiger partial charge in [-0.05, 0) is 104 Å². The molecule has 0 aromatic heterocycles. The molecule has 3 rings (SSSR count). The molecular weight excluding hydrogens is 384 g/mol. The van der Waals surface area contributed by atoms with E-state index in [0.717, 1.165) is 35.8 Å². The predicted molar refractivity (Wildman–Crippen MR) is 128 cm³/mol. The maximum absolute atomic E-state index is 11.9. The molecule has 31 heavy (non-hydrogen) atoms. The maximum atomic E-state index is 11.9. The summed E-state index contributed by atoms with van der Waals surface area (Å²) in [7, 11) is 0. The van der Waals surface area contributed by atoms with Gasteiger partial charge in [0.1, 0.15) is 5.75 Å². The Labute approximate surface area is 190 Å². The Bertz CT molecular complexity index is 744. The fourth-order valence-corrected chi connectivity index (χ4v) is 6.97. The number of aliphatic hydroxyl groups excluding tert-OH is 1. The van der Waals surface area contributed by atoms with Gasteiger partial charge in [0.05, 0.1) is 11.7 Å². The molecule has 0 bridgehead atoms. The Hall–Kier alpha value is -1.06. The van der Waals surface area contributed by atoms with Crippen LogP contribution < -0.4 is 0 Å². The highest BCUT2D eigenvalue weighted by Gasteiger charge is 2.60. The summed E-state index contributed by atoms with van der Waals surface area (Å²) in [4.78, 5) is 0. The van der Waals surface area contributed by atoms with Crippen LogP contribution in [0.5, 0.6) is 5.75 Å². The molecule has 0 amide bonds. The van der Waals surface area contributed by atoms with Crippen molar-refractivity contribution in [2.75, 3.05) is 0 Å². The third-order valence-corrected chi connectivity index (χ3v) is 9.58. The highest BCUT2D eigenvalue weighted by molar-refractivity contribution is 5.34. The average Bonchev–Trinajstić information content (AvgIpc) is 3.08. The lowest BCUT2D eigenvalue weighted by Gasteiger charge is -2.53. The second-order valence-corrected chi connectivity index (χ2v) is 11.7. The number of aliphatic hydroxyl groups is 2. The van der Waals surface area contributed by atoms with Gasteiger partial charge in [-0.2, -0.15) is 0 Å². The summed E-state index contributed by atoms with van der Waals surface area (Å²) >= 11 is 0. The minimum Gasteiger partial charge on any atom is -0.508 e. The van der Waals surface area contributed by atoms with E-state index >= 15 is 0 Å². The van der Waals surface area contributed by atoms with Gasteiger partial charge in [0, 0.05) is 0 Å². The minimum absolute atomic E-state index is 0.0995. The van der Waals surface area contributed by atoms with E-state index in [1.807, 2.05) is 19.1 Å². The van der Waals surface area contributed by atoms with E-state index in [0.29, 0.717) is 31.1 Å². The summed E-state index contributed by atoms with van der Waals surface area (Å²) in [6, 6.07) is 5.45. The summed E-state index contributed by atoms with van der Waals surface area (Å²) in [6.45, 7) is 13.9. The number of fused-ring (bicyclic) bond motifs is 1. The minimum atomic E-state index is -1.04. The molecule has 3 heteroatoms. The Morgan fingerprint density at radius 2 is 1.77 bits per heavy atom. The molecule has 0 saturated heterocycles. The lowest BCUT2D eigenvalue weighted by Crippen LogP contribution is -2.58. The molecular formula is C28H46O3. The highest BCUT2D eigenvalue weighted by atomic mass is 16.3. The molecule has 7 atom stereocenters. The largest absolute Gasteiger partial charge is 0.508 e. The van der Waals surface area contributed by atoms with Gasteiger partial charge in [-0.1, -0.05) is 53.5 Å². The first-order valence-corrected chi connectivity index (χ1v) is 12.7. The van der Waals surface area contributed by atoms with Crippen molar-refractivity contribution < 1.29 is 15.3 Å². The van der Waals surface area contributed by atoms with Crippen molar-refractivity contribution in [3.63, 3.8) is 0 Å². The van der Waals surface area contributed by atoms with Crippen molar-refractivity contribution in [2.45, 2.75) is 105 Å². The first-order chi connectivity index (χ1) is 14.5. The van der Waals surface area contributed by atoms with Gasteiger partial charge in [-0.3, -0.25) is 0 Å². The van der Waals surface area contributed by atoms with Crippen LogP contribution >= 0.6 is 0 Å². The molecule has 1 aromatic carbocycles. The number of aryl methyl sites for hydroxylation is 2. The van der Waals surface area contributed by atoms with Gasteiger partial charge < -0.3 is 15.3 Å². The monoisotopic (exact) mass is 430 g/mol. The van der Waals surface area contributed by atoms with Crippen LogP contribution in [0, 0.1) is 41.9 Å². The van der Waals surface area contributed by atoms with Crippen molar-refractivity contribution in [1.29, 1.82) is 0 Å². The fourth-order valence-electron chi connectivity index (χ4n) is 6.97. The van der Waals surface area contributed by atoms with E-state index in [4.69, 9.17) is 0 Å². The summed E-state index contributed by atoms with van der Waals surface area (Å²) in [5.41, 5.74) is 1.26. The van der Waals surface area contributed by atoms with Crippen molar-refractivity contribution in [3.8, 4) is 5.75 Å². The molecule has 0 spiro atoms. The fraction of sp³-hybridized carbons (Fsp3) is 0.786. The summed E-state index contributed by atoms with van der Waals surface area (Å²) in [5, 5.41) is 32.7. The number of hydrogen-bond acceptors (Lipinski definition) is 3. The number of hydrogen-bond donors (Lipinski definition) is 3. The smallest absolute Gasteiger partial charge is 0.115 e. The van der Waals surface area contributed by atoms with Gasteiger partial charge in [0.15, 0.2) is 0 Å². The zero-order chi connectivity index (χ0) is 23.0. The quantitative estimate of drug-likeness (QED) is 0.456. The highest BCUT2D eigenvalue weighted by Crippen LogP contribution is 2.62. The van der Waals surface area contributed by atoms with Crippen LogP contribution in [0.15, 0.2) is 18.2 Å². The molecule has 0 unspecified atom stereocenters. The first-order valence-electron chi connectivity index (χ1n) is 12.7. The van der Waals surface area contributed by atoms with Gasteiger partial charge in [-0.25, -0.2) is 0 Å². The molecule has 0 heterocycles. The van der Waals surface area contributed by atoms with E-state index < -0.39 is 11.7 Å². The average molecular weight is 431 g/mol. The normalized spacial score (nSPS) is 35.2. The number of rotatable bonds is 8. The van der Waals surface area contributed by atoms with Crippen LogP contribution in [-0.4, -0.2) is 27.0 Å². The van der Waals surface area contributed by atoms with E-state index in [2.05, 4.69) is 34.6 Å². The van der Waals surface area contributed by atoms with Crippen LogP contribution in [0.3, 0.4) is 0 Å². The molecule has 2 aliphatic carbocycles. The molecule has 176 valence electrons. The standard InChI is InChI=1S/C28H46O3/c1-18(2)19(3)7-8-21(5)24-11-12-25-27(24,6)15-14-26(30)28(25,31)16-13-22-17-23(29)10-9-20(22)4/h9-10,17-19,21,24-26,29-31H,7-8,11-16H2,1-6H3/t19-,21-,24-,25-,26-,27-,28-/m1/s1. The topological polar surface area (TPSA) is 60.7 Å². The van der Waals surface area contributed by atoms with Crippen molar-refractivity contribution in [1.82, 2.24) is 0 Å². The van der Waals surface area contributed by atoms with Gasteiger partial charge >= 0.3 is 0 Å². The van der Waals surface area contributed by atoms with E-state index in [1.165, 1.54) is 19.3 Å². The molecule has 2 fully saturated rings. The number of aromatic hydroxyl groups is 1. The molecule has 0 aliphatic heterocycles. The molecule has 2 aliphatic rings. The van der Waals surface area contributed by atoms with E-state index in [1.54, 1.807) is 6.07 Å². The van der Waals surface area contributed by atoms with Gasteiger partial charge in [-0.15, -0.1) is 0 Å². The Balaban J connectivity index is 1.74. The zero-order valence-corrected chi connectivity index (χ0v) is 20.7. The van der Waals surface area contributed by atoms with Crippen LogP contribution in [0.4, 0.5) is 0 Å². The van der Waals surface area contributed by atoms with E-state index in [-0.39, 0.29) is 17.1 Å². The summed E-state index contributed by atoms with van der Waals surface area (Å²) in [6.07, 6.45) is 7.01. The number of benzene rings is 1. The third kappa shape index (κ3) is 4.83. The molecule has 1 aromatic rings. The number of phenolic OH excluding ortho intramolecular Hbond substituents is 1. The first kappa shape index (κ1) is 24.6. The van der Waals surface area contributed by atoms with Crippen LogP contribution in [0.1, 0.15) is 90.7 Å².